The van der Waals surface area contributed by atoms with Crippen LogP contribution in [0.5, 0.6) is 0 Å². The van der Waals surface area contributed by atoms with Gasteiger partial charge in [0.1, 0.15) is 11.3 Å². The van der Waals surface area contributed by atoms with E-state index in [9.17, 15) is 8.42 Å². The molecule has 2 aromatic carbocycles. The number of benzene rings is 2. The maximum absolute atomic E-state index is 12.6. The van der Waals surface area contributed by atoms with E-state index in [1.807, 2.05) is 47.9 Å². The van der Waals surface area contributed by atoms with Crippen molar-refractivity contribution in [3.8, 4) is 0 Å². The Labute approximate surface area is 174 Å². The number of nitrogens with one attached hydrogen (secondary N) is 1. The number of hydrogen-bond acceptors (Lipinski definition) is 4. The van der Waals surface area contributed by atoms with E-state index >= 15 is 0 Å². The van der Waals surface area contributed by atoms with E-state index in [0.717, 1.165) is 11.1 Å². The van der Waals surface area contributed by atoms with Crippen LogP contribution in [0.15, 0.2) is 71.8 Å². The Hall–Kier alpha value is -2.74. The highest BCUT2D eigenvalue weighted by Crippen LogP contribution is 2.18. The molecule has 0 bridgehead atoms. The molecule has 0 fully saturated rings. The number of halogens is 1. The molecule has 8 heteroatoms. The first kappa shape index (κ1) is 19.6. The van der Waals surface area contributed by atoms with Gasteiger partial charge in [0.15, 0.2) is 5.65 Å². The van der Waals surface area contributed by atoms with Gasteiger partial charge in [-0.05, 0) is 48.9 Å². The van der Waals surface area contributed by atoms with Crippen LogP contribution >= 0.6 is 11.6 Å². The van der Waals surface area contributed by atoms with Crippen molar-refractivity contribution in [2.45, 2.75) is 24.9 Å². The van der Waals surface area contributed by atoms with Crippen molar-refractivity contribution in [3.05, 3.63) is 88.8 Å². The van der Waals surface area contributed by atoms with Gasteiger partial charge in [0.05, 0.1) is 18.0 Å². The fraction of sp³-hybridized carbons (Fsp3) is 0.143. The third kappa shape index (κ3) is 4.32. The first-order valence-corrected chi connectivity index (χ1v) is 10.9. The summed E-state index contributed by atoms with van der Waals surface area (Å²) >= 11 is 5.85. The summed E-state index contributed by atoms with van der Waals surface area (Å²) < 4.78 is 29.8. The lowest BCUT2D eigenvalue weighted by Crippen LogP contribution is -2.25. The van der Waals surface area contributed by atoms with Crippen molar-refractivity contribution in [2.75, 3.05) is 0 Å². The molecule has 0 saturated heterocycles. The third-order valence-corrected chi connectivity index (χ3v) is 6.26. The van der Waals surface area contributed by atoms with Crippen LogP contribution in [0, 0.1) is 6.92 Å². The first-order chi connectivity index (χ1) is 13.9. The molecule has 1 N–H and O–H groups in total. The van der Waals surface area contributed by atoms with Crippen LogP contribution < -0.4 is 4.72 Å². The maximum atomic E-state index is 12.6. The summed E-state index contributed by atoms with van der Waals surface area (Å²) in [5, 5.41) is 0.481. The van der Waals surface area contributed by atoms with Crippen molar-refractivity contribution in [1.29, 1.82) is 0 Å². The number of nitrogens with zero attached hydrogens (tertiary/aromatic N) is 3. The van der Waals surface area contributed by atoms with Crippen LogP contribution in [0.25, 0.3) is 11.2 Å². The van der Waals surface area contributed by atoms with Crippen LogP contribution in [0.3, 0.4) is 0 Å². The summed E-state index contributed by atoms with van der Waals surface area (Å²) in [7, 11) is -3.69. The average Bonchev–Trinajstić information content (AvgIpc) is 3.06. The molecule has 0 saturated carbocycles. The molecule has 0 aliphatic carbocycles. The lowest BCUT2D eigenvalue weighted by Gasteiger charge is -2.11. The SMILES string of the molecule is Cc1ccc(Cn2c(CNS(=O)(=O)c3ccc(Cl)cc3)nc3cccnc32)cc1. The monoisotopic (exact) mass is 426 g/mol. The van der Waals surface area contributed by atoms with Gasteiger partial charge < -0.3 is 4.57 Å². The lowest BCUT2D eigenvalue weighted by molar-refractivity contribution is 0.576. The minimum Gasteiger partial charge on any atom is -0.307 e. The summed E-state index contributed by atoms with van der Waals surface area (Å²) in [6.07, 6.45) is 1.71. The van der Waals surface area contributed by atoms with Crippen molar-refractivity contribution in [3.63, 3.8) is 0 Å². The average molecular weight is 427 g/mol. The Morgan fingerprint density at radius 2 is 1.76 bits per heavy atom. The van der Waals surface area contributed by atoms with E-state index in [4.69, 9.17) is 11.6 Å². The molecule has 0 aliphatic heterocycles. The smallest absolute Gasteiger partial charge is 0.240 e. The number of fused-ring (bicyclic) bond motifs is 1. The molecule has 4 aromatic rings. The summed E-state index contributed by atoms with van der Waals surface area (Å²) in [5.41, 5.74) is 3.70. The van der Waals surface area contributed by atoms with Gasteiger partial charge in [-0.25, -0.2) is 23.1 Å². The van der Waals surface area contributed by atoms with Gasteiger partial charge in [-0.2, -0.15) is 0 Å². The second kappa shape index (κ2) is 7.94. The molecule has 29 heavy (non-hydrogen) atoms. The summed E-state index contributed by atoms with van der Waals surface area (Å²) in [6, 6.07) is 17.9. The van der Waals surface area contributed by atoms with E-state index in [0.29, 0.717) is 23.0 Å². The Bertz CT molecular complexity index is 1250. The summed E-state index contributed by atoms with van der Waals surface area (Å²) in [5.74, 6) is 0.594. The molecular formula is C21H19ClN4O2S. The summed E-state index contributed by atoms with van der Waals surface area (Å²) in [4.78, 5) is 9.18. The number of aromatic nitrogens is 3. The standard InChI is InChI=1S/C21H19ClN4O2S/c1-15-4-6-16(7-5-15)14-26-20(25-19-3-2-12-23-21(19)26)13-24-29(27,28)18-10-8-17(22)9-11-18/h2-12,24H,13-14H2,1H3. The van der Waals surface area contributed by atoms with Crippen LogP contribution in [0.2, 0.25) is 5.02 Å². The molecular weight excluding hydrogens is 408 g/mol. The molecule has 0 radical (unpaired) electrons. The normalized spacial score (nSPS) is 11.8. The van der Waals surface area contributed by atoms with Crippen LogP contribution in [0.1, 0.15) is 17.0 Å². The molecule has 148 valence electrons. The van der Waals surface area contributed by atoms with Crippen LogP contribution in [-0.2, 0) is 23.1 Å². The Balaban J connectivity index is 1.64. The quantitative estimate of drug-likeness (QED) is 0.507. The van der Waals surface area contributed by atoms with E-state index < -0.39 is 10.0 Å². The van der Waals surface area contributed by atoms with E-state index in [1.54, 1.807) is 18.3 Å². The second-order valence-electron chi connectivity index (χ2n) is 6.72. The second-order valence-corrected chi connectivity index (χ2v) is 8.93. The third-order valence-electron chi connectivity index (χ3n) is 4.59. The van der Waals surface area contributed by atoms with E-state index in [2.05, 4.69) is 14.7 Å². The highest BCUT2D eigenvalue weighted by atomic mass is 35.5. The van der Waals surface area contributed by atoms with Crippen molar-refractivity contribution < 1.29 is 8.42 Å². The molecule has 6 nitrogen and oxygen atoms in total. The molecule has 0 spiro atoms. The van der Waals surface area contributed by atoms with Gasteiger partial charge in [-0.15, -0.1) is 0 Å². The maximum Gasteiger partial charge on any atom is 0.240 e. The number of hydrogen-bond donors (Lipinski definition) is 1. The first-order valence-electron chi connectivity index (χ1n) is 9.03. The Morgan fingerprint density at radius 3 is 2.48 bits per heavy atom. The predicted octanol–water partition coefficient (Wildman–Crippen LogP) is 3.92. The van der Waals surface area contributed by atoms with E-state index in [-0.39, 0.29) is 11.4 Å². The highest BCUT2D eigenvalue weighted by molar-refractivity contribution is 7.89. The highest BCUT2D eigenvalue weighted by Gasteiger charge is 2.17. The fourth-order valence-corrected chi connectivity index (χ4v) is 4.15. The van der Waals surface area contributed by atoms with Gasteiger partial charge >= 0.3 is 0 Å². The van der Waals surface area contributed by atoms with Crippen molar-refractivity contribution in [1.82, 2.24) is 19.3 Å². The zero-order valence-electron chi connectivity index (χ0n) is 15.7. The molecule has 0 unspecified atom stereocenters. The summed E-state index contributed by atoms with van der Waals surface area (Å²) in [6.45, 7) is 2.63. The lowest BCUT2D eigenvalue weighted by atomic mass is 10.1. The number of aryl methyl sites for hydroxylation is 1. The largest absolute Gasteiger partial charge is 0.307 e. The zero-order valence-corrected chi connectivity index (χ0v) is 17.3. The molecule has 4 rings (SSSR count). The predicted molar refractivity (Wildman–Crippen MR) is 113 cm³/mol. The van der Waals surface area contributed by atoms with Crippen molar-refractivity contribution >= 4 is 32.8 Å². The minimum atomic E-state index is -3.69. The minimum absolute atomic E-state index is 0.0488. The molecule has 0 amide bonds. The molecule has 2 heterocycles. The zero-order chi connectivity index (χ0) is 20.4. The Morgan fingerprint density at radius 1 is 1.03 bits per heavy atom. The molecule has 0 aliphatic rings. The number of sulfonamides is 1. The number of rotatable bonds is 6. The van der Waals surface area contributed by atoms with Gasteiger partial charge in [-0.3, -0.25) is 0 Å². The topological polar surface area (TPSA) is 76.9 Å². The van der Waals surface area contributed by atoms with Gasteiger partial charge in [0.2, 0.25) is 10.0 Å². The number of imidazole rings is 1. The van der Waals surface area contributed by atoms with Gasteiger partial charge in [0.25, 0.3) is 0 Å². The molecule has 0 atom stereocenters. The Kier molecular flexibility index (Phi) is 5.36. The van der Waals surface area contributed by atoms with E-state index in [1.165, 1.54) is 17.7 Å². The van der Waals surface area contributed by atoms with Crippen LogP contribution in [0.4, 0.5) is 0 Å². The van der Waals surface area contributed by atoms with Crippen LogP contribution in [-0.4, -0.2) is 23.0 Å². The van der Waals surface area contributed by atoms with Gasteiger partial charge in [0, 0.05) is 11.2 Å². The molecule has 2 aromatic heterocycles. The number of pyridine rings is 1. The fourth-order valence-electron chi connectivity index (χ4n) is 3.04. The van der Waals surface area contributed by atoms with Gasteiger partial charge in [-0.1, -0.05) is 41.4 Å². The van der Waals surface area contributed by atoms with Crippen molar-refractivity contribution in [2.24, 2.45) is 0 Å².